The molecule has 9 nitrogen and oxygen atoms in total. The van der Waals surface area contributed by atoms with E-state index in [0.29, 0.717) is 73.4 Å². The molecule has 5 rings (SSSR count). The number of nitrogens with zero attached hydrogens (tertiary/aromatic N) is 5. The number of likely N-dealkylation sites (N-methyl/N-ethyl adjacent to an activating group) is 1. The first-order chi connectivity index (χ1) is 18.3. The van der Waals surface area contributed by atoms with E-state index in [1.165, 1.54) is 18.2 Å². The van der Waals surface area contributed by atoms with E-state index in [-0.39, 0.29) is 17.8 Å². The molecule has 2 fully saturated rings. The van der Waals surface area contributed by atoms with E-state index < -0.39 is 11.7 Å². The number of piperazine rings is 1. The molecule has 2 aliphatic heterocycles. The SMILES string of the molecule is C[C@@H]1CN(c2cc(F)c(-c3cnc(N4CCOCC4)nc3)cc2NC(=O)c2cccc(O)c2)C[C@H](C)N1C. The van der Waals surface area contributed by atoms with E-state index >= 15 is 4.39 Å². The number of carbonyl (C=O) groups excluding carboxylic acids is 1. The van der Waals surface area contributed by atoms with Crippen molar-refractivity contribution in [3.8, 4) is 16.9 Å². The van der Waals surface area contributed by atoms with Crippen LogP contribution in [0.25, 0.3) is 11.1 Å². The number of benzene rings is 2. The van der Waals surface area contributed by atoms with Gasteiger partial charge < -0.3 is 25.0 Å². The second kappa shape index (κ2) is 10.9. The summed E-state index contributed by atoms with van der Waals surface area (Å²) in [7, 11) is 2.08. The van der Waals surface area contributed by atoms with Gasteiger partial charge in [-0.25, -0.2) is 14.4 Å². The number of aromatic nitrogens is 2. The van der Waals surface area contributed by atoms with Crippen molar-refractivity contribution in [2.75, 3.05) is 61.6 Å². The first kappa shape index (κ1) is 25.9. The Morgan fingerprint density at radius 1 is 1.05 bits per heavy atom. The zero-order valence-electron chi connectivity index (χ0n) is 21.9. The van der Waals surface area contributed by atoms with Crippen LogP contribution in [0.4, 0.5) is 21.7 Å². The maximum Gasteiger partial charge on any atom is 0.255 e. The van der Waals surface area contributed by atoms with Gasteiger partial charge in [0, 0.05) is 67.3 Å². The van der Waals surface area contributed by atoms with Gasteiger partial charge in [-0.1, -0.05) is 6.07 Å². The minimum Gasteiger partial charge on any atom is -0.508 e. The van der Waals surface area contributed by atoms with Crippen LogP contribution in [0, 0.1) is 5.82 Å². The molecular weight excluding hydrogens is 487 g/mol. The Balaban J connectivity index is 1.50. The summed E-state index contributed by atoms with van der Waals surface area (Å²) >= 11 is 0. The zero-order chi connectivity index (χ0) is 26.8. The fourth-order valence-electron chi connectivity index (χ4n) is 4.98. The van der Waals surface area contributed by atoms with Crippen molar-refractivity contribution in [2.45, 2.75) is 25.9 Å². The van der Waals surface area contributed by atoms with Crippen molar-refractivity contribution in [1.82, 2.24) is 14.9 Å². The van der Waals surface area contributed by atoms with Crippen molar-refractivity contribution >= 4 is 23.2 Å². The molecule has 2 saturated heterocycles. The molecule has 200 valence electrons. The van der Waals surface area contributed by atoms with Gasteiger partial charge in [-0.05, 0) is 51.2 Å². The Kier molecular flexibility index (Phi) is 7.44. The van der Waals surface area contributed by atoms with E-state index in [2.05, 4.69) is 46.0 Å². The van der Waals surface area contributed by atoms with Crippen molar-refractivity contribution in [3.05, 3.63) is 60.2 Å². The minimum absolute atomic E-state index is 0.00288. The summed E-state index contributed by atoms with van der Waals surface area (Å²) in [4.78, 5) is 28.5. The predicted octanol–water partition coefficient (Wildman–Crippen LogP) is 3.61. The summed E-state index contributed by atoms with van der Waals surface area (Å²) in [5.74, 6) is -0.241. The first-order valence-electron chi connectivity index (χ1n) is 12.9. The molecule has 2 aliphatic rings. The van der Waals surface area contributed by atoms with Crippen LogP contribution < -0.4 is 15.1 Å². The predicted molar refractivity (Wildman–Crippen MR) is 145 cm³/mol. The van der Waals surface area contributed by atoms with Crippen molar-refractivity contribution < 1.29 is 19.0 Å². The van der Waals surface area contributed by atoms with E-state index in [1.807, 2.05) is 4.90 Å². The number of phenols is 1. The lowest BCUT2D eigenvalue weighted by atomic mass is 10.0. The second-order valence-electron chi connectivity index (χ2n) is 9.99. The molecule has 0 spiro atoms. The number of halogens is 1. The number of rotatable bonds is 5. The largest absolute Gasteiger partial charge is 0.508 e. The van der Waals surface area contributed by atoms with Crippen LogP contribution in [0.15, 0.2) is 48.8 Å². The highest BCUT2D eigenvalue weighted by atomic mass is 19.1. The Bertz CT molecular complexity index is 1290. The summed E-state index contributed by atoms with van der Waals surface area (Å²) in [5, 5.41) is 12.8. The molecule has 3 aromatic rings. The molecule has 0 aliphatic carbocycles. The summed E-state index contributed by atoms with van der Waals surface area (Å²) < 4.78 is 21.0. The Morgan fingerprint density at radius 3 is 2.39 bits per heavy atom. The molecule has 2 N–H and O–H groups in total. The first-order valence-corrected chi connectivity index (χ1v) is 12.9. The molecule has 0 saturated carbocycles. The molecule has 10 heteroatoms. The topological polar surface area (TPSA) is 94.1 Å². The maximum atomic E-state index is 15.6. The number of carbonyl (C=O) groups is 1. The van der Waals surface area contributed by atoms with Gasteiger partial charge in [-0.3, -0.25) is 9.69 Å². The monoisotopic (exact) mass is 520 g/mol. The maximum absolute atomic E-state index is 15.6. The van der Waals surface area contributed by atoms with Crippen LogP contribution in [0.1, 0.15) is 24.2 Å². The number of nitrogens with one attached hydrogen (secondary N) is 1. The van der Waals surface area contributed by atoms with Gasteiger partial charge in [0.05, 0.1) is 24.6 Å². The normalized spacial score (nSPS) is 20.4. The van der Waals surface area contributed by atoms with Gasteiger partial charge in [0.2, 0.25) is 5.95 Å². The smallest absolute Gasteiger partial charge is 0.255 e. The Hall–Kier alpha value is -3.76. The van der Waals surface area contributed by atoms with Gasteiger partial charge in [0.25, 0.3) is 5.91 Å². The highest BCUT2D eigenvalue weighted by Crippen LogP contribution is 2.36. The average Bonchev–Trinajstić information content (AvgIpc) is 2.93. The molecule has 0 bridgehead atoms. The summed E-state index contributed by atoms with van der Waals surface area (Å²) in [5.41, 5.74) is 2.20. The molecule has 1 amide bonds. The number of anilines is 3. The van der Waals surface area contributed by atoms with Crippen LogP contribution >= 0.6 is 0 Å². The van der Waals surface area contributed by atoms with Gasteiger partial charge in [0.1, 0.15) is 11.6 Å². The van der Waals surface area contributed by atoms with Crippen LogP contribution in [-0.4, -0.2) is 84.4 Å². The van der Waals surface area contributed by atoms with E-state index in [1.54, 1.807) is 30.6 Å². The molecular formula is C28H33FN6O3. The fourth-order valence-corrected chi connectivity index (χ4v) is 4.98. The quantitative estimate of drug-likeness (QED) is 0.527. The van der Waals surface area contributed by atoms with Crippen molar-refractivity contribution in [1.29, 1.82) is 0 Å². The lowest BCUT2D eigenvalue weighted by Crippen LogP contribution is -2.55. The number of morpholine rings is 1. The molecule has 38 heavy (non-hydrogen) atoms. The minimum atomic E-state index is -0.419. The third-order valence-corrected chi connectivity index (χ3v) is 7.39. The van der Waals surface area contributed by atoms with Crippen LogP contribution in [-0.2, 0) is 4.74 Å². The summed E-state index contributed by atoms with van der Waals surface area (Å²) in [6, 6.07) is 9.76. The van der Waals surface area contributed by atoms with Crippen LogP contribution in [0.3, 0.4) is 0 Å². The van der Waals surface area contributed by atoms with Gasteiger partial charge in [0.15, 0.2) is 0 Å². The van der Waals surface area contributed by atoms with Crippen molar-refractivity contribution in [3.63, 3.8) is 0 Å². The number of ether oxygens (including phenoxy) is 1. The summed E-state index contributed by atoms with van der Waals surface area (Å²) in [6.45, 7) is 8.28. The lowest BCUT2D eigenvalue weighted by Gasteiger charge is -2.44. The van der Waals surface area contributed by atoms with Crippen LogP contribution in [0.5, 0.6) is 5.75 Å². The molecule has 2 atom stereocenters. The number of hydrogen-bond acceptors (Lipinski definition) is 8. The number of phenolic OH excluding ortho intramolecular Hbond substituents is 1. The van der Waals surface area contributed by atoms with E-state index in [9.17, 15) is 9.90 Å². The number of amides is 1. The van der Waals surface area contributed by atoms with Gasteiger partial charge in [-0.2, -0.15) is 0 Å². The lowest BCUT2D eigenvalue weighted by molar-refractivity contribution is 0.102. The number of hydrogen-bond donors (Lipinski definition) is 2. The second-order valence-corrected chi connectivity index (χ2v) is 9.99. The highest BCUT2D eigenvalue weighted by Gasteiger charge is 2.29. The molecule has 2 aromatic carbocycles. The molecule has 0 unspecified atom stereocenters. The number of aromatic hydroxyl groups is 1. The highest BCUT2D eigenvalue weighted by molar-refractivity contribution is 6.06. The van der Waals surface area contributed by atoms with Gasteiger partial charge >= 0.3 is 0 Å². The molecule has 1 aromatic heterocycles. The van der Waals surface area contributed by atoms with Gasteiger partial charge in [-0.15, -0.1) is 0 Å². The van der Waals surface area contributed by atoms with E-state index in [0.717, 1.165) is 0 Å². The fraction of sp³-hybridized carbons (Fsp3) is 0.393. The zero-order valence-corrected chi connectivity index (χ0v) is 21.9. The summed E-state index contributed by atoms with van der Waals surface area (Å²) in [6.07, 6.45) is 3.22. The third-order valence-electron chi connectivity index (χ3n) is 7.39. The van der Waals surface area contributed by atoms with Crippen molar-refractivity contribution in [2.24, 2.45) is 0 Å². The van der Waals surface area contributed by atoms with E-state index in [4.69, 9.17) is 4.74 Å². The Labute approximate surface area is 221 Å². The average molecular weight is 521 g/mol. The standard InChI is InChI=1S/C28H33FN6O3/c1-18-16-35(17-19(2)33(18)3)26-13-24(29)23(12-25(26)32-27(37)20-5-4-6-22(36)11-20)21-14-30-28(31-15-21)34-7-9-38-10-8-34/h4-6,11-15,18-19,36H,7-10,16-17H2,1-3H3,(H,32,37)/t18-,19+. The molecule has 0 radical (unpaired) electrons. The van der Waals surface area contributed by atoms with Crippen LogP contribution in [0.2, 0.25) is 0 Å². The Morgan fingerprint density at radius 2 is 1.74 bits per heavy atom. The molecule has 3 heterocycles. The third kappa shape index (κ3) is 5.41.